The first-order valence-electron chi connectivity index (χ1n) is 6.72. The number of aromatic carboxylic acids is 2. The monoisotopic (exact) mass is 300 g/mol. The fraction of sp³-hybridized carbons (Fsp3) is 0.125. The highest BCUT2D eigenvalue weighted by Gasteiger charge is 2.09. The SMILES string of the molecule is O=C(O)c1ccccc1NCCNc1ccccc1C(=O)O. The van der Waals surface area contributed by atoms with E-state index in [-0.39, 0.29) is 11.1 Å². The normalized spacial score (nSPS) is 10.0. The van der Waals surface area contributed by atoms with E-state index in [4.69, 9.17) is 10.2 Å². The van der Waals surface area contributed by atoms with Gasteiger partial charge in [-0.2, -0.15) is 0 Å². The molecule has 22 heavy (non-hydrogen) atoms. The van der Waals surface area contributed by atoms with E-state index in [2.05, 4.69) is 10.6 Å². The van der Waals surface area contributed by atoms with Crippen LogP contribution in [-0.4, -0.2) is 35.2 Å². The summed E-state index contributed by atoms with van der Waals surface area (Å²) in [4.78, 5) is 22.1. The van der Waals surface area contributed by atoms with E-state index in [0.717, 1.165) is 0 Å². The minimum atomic E-state index is -0.993. The number of para-hydroxylation sites is 2. The summed E-state index contributed by atoms with van der Waals surface area (Å²) in [7, 11) is 0. The summed E-state index contributed by atoms with van der Waals surface area (Å²) >= 11 is 0. The van der Waals surface area contributed by atoms with Gasteiger partial charge in [-0.15, -0.1) is 0 Å². The van der Waals surface area contributed by atoms with Gasteiger partial charge in [0.1, 0.15) is 0 Å². The van der Waals surface area contributed by atoms with E-state index in [9.17, 15) is 9.59 Å². The molecule has 2 aromatic carbocycles. The van der Waals surface area contributed by atoms with Crippen molar-refractivity contribution in [3.63, 3.8) is 0 Å². The lowest BCUT2D eigenvalue weighted by Gasteiger charge is -2.12. The number of hydrogen-bond acceptors (Lipinski definition) is 4. The van der Waals surface area contributed by atoms with E-state index in [1.807, 2.05) is 0 Å². The Morgan fingerprint density at radius 1 is 0.727 bits per heavy atom. The molecular weight excluding hydrogens is 284 g/mol. The Labute approximate surface area is 127 Å². The predicted molar refractivity (Wildman–Crippen MR) is 83.8 cm³/mol. The molecule has 0 saturated carbocycles. The molecule has 0 unspecified atom stereocenters. The number of anilines is 2. The van der Waals surface area contributed by atoms with Gasteiger partial charge in [-0.25, -0.2) is 9.59 Å². The molecule has 4 N–H and O–H groups in total. The third-order valence-corrected chi connectivity index (χ3v) is 3.07. The van der Waals surface area contributed by atoms with Crippen LogP contribution in [0.1, 0.15) is 20.7 Å². The van der Waals surface area contributed by atoms with Crippen molar-refractivity contribution in [1.82, 2.24) is 0 Å². The zero-order valence-corrected chi connectivity index (χ0v) is 11.7. The number of nitrogens with one attached hydrogen (secondary N) is 2. The topological polar surface area (TPSA) is 98.7 Å². The number of benzene rings is 2. The summed E-state index contributed by atoms with van der Waals surface area (Å²) in [6.07, 6.45) is 0. The lowest BCUT2D eigenvalue weighted by Crippen LogP contribution is -2.16. The van der Waals surface area contributed by atoms with E-state index in [1.54, 1.807) is 36.4 Å². The van der Waals surface area contributed by atoms with Gasteiger partial charge in [0.05, 0.1) is 11.1 Å². The molecule has 6 heteroatoms. The highest BCUT2D eigenvalue weighted by Crippen LogP contribution is 2.16. The summed E-state index contributed by atoms with van der Waals surface area (Å²) in [5.41, 5.74) is 1.47. The molecule has 2 aromatic rings. The summed E-state index contributed by atoms with van der Waals surface area (Å²) < 4.78 is 0. The molecule has 6 nitrogen and oxygen atoms in total. The van der Waals surface area contributed by atoms with Gasteiger partial charge < -0.3 is 20.8 Å². The van der Waals surface area contributed by atoms with E-state index < -0.39 is 11.9 Å². The van der Waals surface area contributed by atoms with Crippen LogP contribution >= 0.6 is 0 Å². The average Bonchev–Trinajstić information content (AvgIpc) is 2.52. The first-order valence-corrected chi connectivity index (χ1v) is 6.72. The zero-order valence-electron chi connectivity index (χ0n) is 11.7. The molecule has 0 heterocycles. The van der Waals surface area contributed by atoms with E-state index in [1.165, 1.54) is 12.1 Å². The van der Waals surface area contributed by atoms with Crippen LogP contribution in [0.5, 0.6) is 0 Å². The fourth-order valence-electron chi connectivity index (χ4n) is 2.04. The van der Waals surface area contributed by atoms with Crippen molar-refractivity contribution in [2.45, 2.75) is 0 Å². The first kappa shape index (κ1) is 15.4. The molecule has 0 bridgehead atoms. The smallest absolute Gasteiger partial charge is 0.337 e. The molecular formula is C16H16N2O4. The van der Waals surface area contributed by atoms with Gasteiger partial charge in [-0.3, -0.25) is 0 Å². The minimum absolute atomic E-state index is 0.202. The van der Waals surface area contributed by atoms with Crippen LogP contribution in [0.2, 0.25) is 0 Å². The van der Waals surface area contributed by atoms with Crippen molar-refractivity contribution < 1.29 is 19.8 Å². The number of carboxylic acid groups (broad SMARTS) is 2. The van der Waals surface area contributed by atoms with Crippen molar-refractivity contribution in [2.24, 2.45) is 0 Å². The molecule has 0 fully saturated rings. The number of rotatable bonds is 7. The summed E-state index contributed by atoms with van der Waals surface area (Å²) in [6, 6.07) is 13.3. The lowest BCUT2D eigenvalue weighted by molar-refractivity contribution is 0.0687. The number of carboxylic acids is 2. The highest BCUT2D eigenvalue weighted by atomic mass is 16.4. The standard InChI is InChI=1S/C16H16N2O4/c19-15(20)11-5-1-3-7-13(11)17-9-10-18-14-8-4-2-6-12(14)16(21)22/h1-8,17-18H,9-10H2,(H,19,20)(H,21,22). The molecule has 0 atom stereocenters. The van der Waals surface area contributed by atoms with Crippen molar-refractivity contribution in [2.75, 3.05) is 23.7 Å². The molecule has 0 saturated heterocycles. The van der Waals surface area contributed by atoms with E-state index >= 15 is 0 Å². The van der Waals surface area contributed by atoms with Crippen LogP contribution < -0.4 is 10.6 Å². The molecule has 0 spiro atoms. The number of carbonyl (C=O) groups is 2. The zero-order chi connectivity index (χ0) is 15.9. The molecule has 114 valence electrons. The van der Waals surface area contributed by atoms with Gasteiger partial charge in [0, 0.05) is 24.5 Å². The van der Waals surface area contributed by atoms with Crippen LogP contribution in [0.15, 0.2) is 48.5 Å². The van der Waals surface area contributed by atoms with Crippen molar-refractivity contribution in [1.29, 1.82) is 0 Å². The van der Waals surface area contributed by atoms with Crippen molar-refractivity contribution in [3.8, 4) is 0 Å². The van der Waals surface area contributed by atoms with E-state index in [0.29, 0.717) is 24.5 Å². The fourth-order valence-corrected chi connectivity index (χ4v) is 2.04. The average molecular weight is 300 g/mol. The molecule has 0 radical (unpaired) electrons. The van der Waals surface area contributed by atoms with Crippen LogP contribution in [0.4, 0.5) is 11.4 Å². The minimum Gasteiger partial charge on any atom is -0.478 e. The summed E-state index contributed by atoms with van der Waals surface area (Å²) in [6.45, 7) is 0.913. The quantitative estimate of drug-likeness (QED) is 0.587. The first-order chi connectivity index (χ1) is 10.6. The maximum atomic E-state index is 11.1. The molecule has 0 aliphatic carbocycles. The maximum absolute atomic E-state index is 11.1. The third kappa shape index (κ3) is 3.76. The Bertz CT molecular complexity index is 626. The Kier molecular flexibility index (Phi) is 4.98. The van der Waals surface area contributed by atoms with Crippen LogP contribution in [-0.2, 0) is 0 Å². The second-order valence-corrected chi connectivity index (χ2v) is 4.56. The van der Waals surface area contributed by atoms with Crippen molar-refractivity contribution >= 4 is 23.3 Å². The van der Waals surface area contributed by atoms with Crippen LogP contribution in [0.3, 0.4) is 0 Å². The second kappa shape index (κ2) is 7.12. The third-order valence-electron chi connectivity index (χ3n) is 3.07. The predicted octanol–water partition coefficient (Wildman–Crippen LogP) is 2.61. The Morgan fingerprint density at radius 2 is 1.09 bits per heavy atom. The number of hydrogen-bond donors (Lipinski definition) is 4. The highest BCUT2D eigenvalue weighted by molar-refractivity contribution is 5.94. The van der Waals surface area contributed by atoms with Crippen molar-refractivity contribution in [3.05, 3.63) is 59.7 Å². The molecule has 0 aromatic heterocycles. The van der Waals surface area contributed by atoms with Gasteiger partial charge in [-0.1, -0.05) is 24.3 Å². The summed E-state index contributed by atoms with van der Waals surface area (Å²) in [5, 5.41) is 24.2. The largest absolute Gasteiger partial charge is 0.478 e. The molecule has 0 amide bonds. The van der Waals surface area contributed by atoms with Gasteiger partial charge in [0.15, 0.2) is 0 Å². The lowest BCUT2D eigenvalue weighted by atomic mass is 10.1. The maximum Gasteiger partial charge on any atom is 0.337 e. The Morgan fingerprint density at radius 3 is 1.45 bits per heavy atom. The van der Waals surface area contributed by atoms with Gasteiger partial charge in [0.25, 0.3) is 0 Å². The second-order valence-electron chi connectivity index (χ2n) is 4.56. The molecule has 0 aliphatic heterocycles. The summed E-state index contributed by atoms with van der Waals surface area (Å²) in [5.74, 6) is -1.99. The van der Waals surface area contributed by atoms with Crippen LogP contribution in [0.25, 0.3) is 0 Å². The Balaban J connectivity index is 1.93. The van der Waals surface area contributed by atoms with Gasteiger partial charge >= 0.3 is 11.9 Å². The molecule has 0 aliphatic rings. The van der Waals surface area contributed by atoms with Crippen LogP contribution in [0, 0.1) is 0 Å². The molecule has 2 rings (SSSR count). The van der Waals surface area contributed by atoms with Gasteiger partial charge in [0.2, 0.25) is 0 Å². The Hall–Kier alpha value is -3.02. The van der Waals surface area contributed by atoms with Gasteiger partial charge in [-0.05, 0) is 24.3 Å².